The van der Waals surface area contributed by atoms with E-state index in [1.165, 1.54) is 23.5 Å². The van der Waals surface area contributed by atoms with Crippen LogP contribution in [0.3, 0.4) is 0 Å². The molecule has 0 aliphatic rings. The number of aryl methyl sites for hydroxylation is 1. The van der Waals surface area contributed by atoms with Gasteiger partial charge in [-0.1, -0.05) is 18.2 Å². The smallest absolute Gasteiger partial charge is 0.347 e. The Kier molecular flexibility index (Phi) is 6.04. The van der Waals surface area contributed by atoms with Crippen molar-refractivity contribution < 1.29 is 18.0 Å². The standard InChI is InChI=1S/C22H18F3N5OS/c1-14-19(20(31)27-12-16-3-2-9-26-11-16)32-21(28-14)18-8-10-30(29-18)13-15-4-6-17(7-5-15)22(23,24)25/h2-11H,12-13H2,1H3,(H,27,31). The number of rotatable bonds is 6. The van der Waals surface area contributed by atoms with E-state index in [4.69, 9.17) is 0 Å². The summed E-state index contributed by atoms with van der Waals surface area (Å²) in [5, 5.41) is 7.91. The molecular weight excluding hydrogens is 439 g/mol. The molecule has 0 atom stereocenters. The van der Waals surface area contributed by atoms with Crippen LogP contribution in [0.1, 0.15) is 32.1 Å². The fraction of sp³-hybridized carbons (Fsp3) is 0.182. The molecule has 0 fully saturated rings. The van der Waals surface area contributed by atoms with Gasteiger partial charge in [-0.2, -0.15) is 18.3 Å². The van der Waals surface area contributed by atoms with Gasteiger partial charge in [0, 0.05) is 25.1 Å². The number of thiazole rings is 1. The van der Waals surface area contributed by atoms with Crippen LogP contribution in [0.2, 0.25) is 0 Å². The van der Waals surface area contributed by atoms with Crippen LogP contribution in [0, 0.1) is 6.92 Å². The molecule has 0 saturated carbocycles. The molecule has 3 aromatic heterocycles. The quantitative estimate of drug-likeness (QED) is 0.455. The molecule has 10 heteroatoms. The summed E-state index contributed by atoms with van der Waals surface area (Å²) in [6.07, 6.45) is 0.726. The van der Waals surface area contributed by atoms with Crippen molar-refractivity contribution in [2.24, 2.45) is 0 Å². The maximum Gasteiger partial charge on any atom is 0.416 e. The number of halogens is 3. The van der Waals surface area contributed by atoms with Crippen molar-refractivity contribution >= 4 is 17.2 Å². The first-order chi connectivity index (χ1) is 15.3. The van der Waals surface area contributed by atoms with E-state index in [0.717, 1.165) is 17.7 Å². The molecule has 0 bridgehead atoms. The number of benzene rings is 1. The number of alkyl halides is 3. The van der Waals surface area contributed by atoms with Crippen molar-refractivity contribution in [1.82, 2.24) is 25.1 Å². The fourth-order valence-corrected chi connectivity index (χ4v) is 3.98. The average Bonchev–Trinajstić information content (AvgIpc) is 3.39. The highest BCUT2D eigenvalue weighted by atomic mass is 32.1. The Balaban J connectivity index is 1.43. The highest BCUT2D eigenvalue weighted by Crippen LogP contribution is 2.29. The van der Waals surface area contributed by atoms with Gasteiger partial charge in [0.25, 0.3) is 5.91 Å². The van der Waals surface area contributed by atoms with Gasteiger partial charge in [0.05, 0.1) is 17.8 Å². The lowest BCUT2D eigenvalue weighted by Crippen LogP contribution is -2.22. The molecule has 32 heavy (non-hydrogen) atoms. The molecular formula is C22H18F3N5OS. The molecule has 0 radical (unpaired) electrons. The number of hydrogen-bond acceptors (Lipinski definition) is 5. The first-order valence-corrected chi connectivity index (χ1v) is 10.5. The molecule has 1 aromatic carbocycles. The van der Waals surface area contributed by atoms with Crippen LogP contribution < -0.4 is 5.32 Å². The predicted molar refractivity (Wildman–Crippen MR) is 114 cm³/mol. The molecule has 1 N–H and O–H groups in total. The molecule has 1 amide bonds. The maximum absolute atomic E-state index is 12.7. The van der Waals surface area contributed by atoms with E-state index in [1.54, 1.807) is 42.3 Å². The zero-order chi connectivity index (χ0) is 22.7. The molecule has 0 spiro atoms. The van der Waals surface area contributed by atoms with Crippen LogP contribution in [-0.2, 0) is 19.3 Å². The summed E-state index contributed by atoms with van der Waals surface area (Å²) >= 11 is 1.24. The number of carbonyl (C=O) groups is 1. The van der Waals surface area contributed by atoms with Gasteiger partial charge < -0.3 is 5.32 Å². The Morgan fingerprint density at radius 3 is 2.59 bits per heavy atom. The lowest BCUT2D eigenvalue weighted by atomic mass is 10.1. The van der Waals surface area contributed by atoms with E-state index < -0.39 is 11.7 Å². The number of amides is 1. The van der Waals surface area contributed by atoms with Gasteiger partial charge in [0.1, 0.15) is 15.6 Å². The minimum Gasteiger partial charge on any atom is -0.347 e. The van der Waals surface area contributed by atoms with Crippen LogP contribution in [0.25, 0.3) is 10.7 Å². The van der Waals surface area contributed by atoms with Crippen molar-refractivity contribution in [1.29, 1.82) is 0 Å². The average molecular weight is 457 g/mol. The first-order valence-electron chi connectivity index (χ1n) is 9.64. The van der Waals surface area contributed by atoms with Crippen LogP contribution >= 0.6 is 11.3 Å². The Morgan fingerprint density at radius 1 is 1.12 bits per heavy atom. The molecule has 6 nitrogen and oxygen atoms in total. The van der Waals surface area contributed by atoms with Crippen molar-refractivity contribution in [2.75, 3.05) is 0 Å². The second-order valence-electron chi connectivity index (χ2n) is 7.07. The van der Waals surface area contributed by atoms with Gasteiger partial charge in [0.15, 0.2) is 0 Å². The summed E-state index contributed by atoms with van der Waals surface area (Å²) in [4.78, 5) is 21.5. The predicted octanol–water partition coefficient (Wildman–Crippen LogP) is 4.71. The number of hydrogen-bond donors (Lipinski definition) is 1. The largest absolute Gasteiger partial charge is 0.416 e. The number of aromatic nitrogens is 4. The number of carbonyl (C=O) groups excluding carboxylic acids is 1. The molecule has 164 valence electrons. The minimum absolute atomic E-state index is 0.223. The van der Waals surface area contributed by atoms with Crippen molar-refractivity contribution in [2.45, 2.75) is 26.2 Å². The topological polar surface area (TPSA) is 72.7 Å². The molecule has 4 aromatic rings. The summed E-state index contributed by atoms with van der Waals surface area (Å²) in [5.41, 5.74) is 2.10. The lowest BCUT2D eigenvalue weighted by molar-refractivity contribution is -0.137. The molecule has 0 unspecified atom stereocenters. The third-order valence-electron chi connectivity index (χ3n) is 4.66. The van der Waals surface area contributed by atoms with Gasteiger partial charge >= 0.3 is 6.18 Å². The normalized spacial score (nSPS) is 11.5. The van der Waals surface area contributed by atoms with Gasteiger partial charge in [-0.15, -0.1) is 11.3 Å². The zero-order valence-corrected chi connectivity index (χ0v) is 17.7. The van der Waals surface area contributed by atoms with Crippen LogP contribution in [0.4, 0.5) is 13.2 Å². The van der Waals surface area contributed by atoms with Gasteiger partial charge in [-0.3, -0.25) is 14.5 Å². The highest BCUT2D eigenvalue weighted by molar-refractivity contribution is 7.17. The summed E-state index contributed by atoms with van der Waals surface area (Å²) in [7, 11) is 0. The van der Waals surface area contributed by atoms with Gasteiger partial charge in [0.2, 0.25) is 0 Å². The molecule has 0 aliphatic carbocycles. The van der Waals surface area contributed by atoms with Crippen molar-refractivity contribution in [3.63, 3.8) is 0 Å². The van der Waals surface area contributed by atoms with Crippen molar-refractivity contribution in [3.8, 4) is 10.7 Å². The Morgan fingerprint density at radius 2 is 1.91 bits per heavy atom. The second-order valence-corrected chi connectivity index (χ2v) is 8.07. The molecule has 0 saturated heterocycles. The zero-order valence-electron chi connectivity index (χ0n) is 16.9. The minimum atomic E-state index is -4.36. The third kappa shape index (κ3) is 5.02. The summed E-state index contributed by atoms with van der Waals surface area (Å²) < 4.78 is 39.7. The number of pyridine rings is 1. The fourth-order valence-electron chi connectivity index (χ4n) is 3.03. The number of nitrogens with zero attached hydrogens (tertiary/aromatic N) is 4. The van der Waals surface area contributed by atoms with Gasteiger partial charge in [-0.05, 0) is 42.3 Å². The van der Waals surface area contributed by atoms with Crippen LogP contribution in [0.15, 0.2) is 61.1 Å². The summed E-state index contributed by atoms with van der Waals surface area (Å²) in [6, 6.07) is 10.4. The molecule has 3 heterocycles. The van der Waals surface area contributed by atoms with Crippen LogP contribution in [0.5, 0.6) is 0 Å². The first kappa shape index (κ1) is 21.7. The molecule has 0 aliphatic heterocycles. The Labute approximate surface area is 185 Å². The number of nitrogens with one attached hydrogen (secondary N) is 1. The van der Waals surface area contributed by atoms with E-state index in [-0.39, 0.29) is 5.91 Å². The van der Waals surface area contributed by atoms with Crippen molar-refractivity contribution in [3.05, 3.63) is 88.3 Å². The van der Waals surface area contributed by atoms with E-state index in [0.29, 0.717) is 39.9 Å². The summed E-state index contributed by atoms with van der Waals surface area (Å²) in [5.74, 6) is -0.223. The Bertz CT molecular complexity index is 1220. The Hall–Kier alpha value is -3.53. The monoisotopic (exact) mass is 457 g/mol. The SMILES string of the molecule is Cc1nc(-c2ccn(Cc3ccc(C(F)(F)F)cc3)n2)sc1C(=O)NCc1cccnc1. The van der Waals surface area contributed by atoms with E-state index in [1.807, 2.05) is 6.07 Å². The van der Waals surface area contributed by atoms with E-state index >= 15 is 0 Å². The third-order valence-corrected chi connectivity index (χ3v) is 5.84. The van der Waals surface area contributed by atoms with Crippen LogP contribution in [-0.4, -0.2) is 25.7 Å². The van der Waals surface area contributed by atoms with E-state index in [9.17, 15) is 18.0 Å². The molecule has 4 rings (SSSR count). The van der Waals surface area contributed by atoms with E-state index in [2.05, 4.69) is 20.4 Å². The summed E-state index contributed by atoms with van der Waals surface area (Å²) in [6.45, 7) is 2.44. The second kappa shape index (κ2) is 8.91. The highest BCUT2D eigenvalue weighted by Gasteiger charge is 2.29. The van der Waals surface area contributed by atoms with Gasteiger partial charge in [-0.25, -0.2) is 4.98 Å². The lowest BCUT2D eigenvalue weighted by Gasteiger charge is -2.07. The maximum atomic E-state index is 12.7.